The molecule has 0 radical (unpaired) electrons. The minimum atomic E-state index is -1.22. The van der Waals surface area contributed by atoms with Gasteiger partial charge in [-0.3, -0.25) is 9.59 Å². The Morgan fingerprint density at radius 1 is 1.26 bits per heavy atom. The predicted molar refractivity (Wildman–Crippen MR) is 81.6 cm³/mol. The van der Waals surface area contributed by atoms with Gasteiger partial charge in [0.05, 0.1) is 11.3 Å². The van der Waals surface area contributed by atoms with Crippen LogP contribution in [-0.2, 0) is 9.59 Å². The first-order valence-electron chi connectivity index (χ1n) is 7.52. The van der Waals surface area contributed by atoms with Gasteiger partial charge in [0.15, 0.2) is 0 Å². The zero-order valence-electron chi connectivity index (χ0n) is 12.8. The molecule has 1 unspecified atom stereocenters. The average molecular weight is 322 g/mol. The minimum absolute atomic E-state index is 0.0719. The number of hydrogen-bond donors (Lipinski definition) is 3. The third kappa shape index (κ3) is 4.28. The molecule has 1 fully saturated rings. The van der Waals surface area contributed by atoms with Gasteiger partial charge in [-0.1, -0.05) is 12.8 Å². The molecule has 0 heterocycles. The van der Waals surface area contributed by atoms with E-state index in [0.717, 1.165) is 43.9 Å². The summed E-state index contributed by atoms with van der Waals surface area (Å²) in [6.45, 7) is 1.50. The molecule has 1 aliphatic rings. The number of benzene rings is 1. The molecule has 1 saturated carbocycles. The Hall–Kier alpha value is -2.44. The van der Waals surface area contributed by atoms with Gasteiger partial charge in [0.1, 0.15) is 11.9 Å². The molecule has 7 heteroatoms. The van der Waals surface area contributed by atoms with Crippen molar-refractivity contribution in [2.75, 3.05) is 5.32 Å². The summed E-state index contributed by atoms with van der Waals surface area (Å²) in [5.74, 6) is -2.80. The van der Waals surface area contributed by atoms with Gasteiger partial charge < -0.3 is 15.7 Å². The first-order valence-corrected chi connectivity index (χ1v) is 7.52. The number of nitrogens with one attached hydrogen (secondary N) is 2. The summed E-state index contributed by atoms with van der Waals surface area (Å²) >= 11 is 0. The monoisotopic (exact) mass is 322 g/mol. The van der Waals surface area contributed by atoms with Crippen LogP contribution in [0.5, 0.6) is 0 Å². The smallest absolute Gasteiger partial charge is 0.335 e. The minimum Gasteiger partial charge on any atom is -0.478 e. The predicted octanol–water partition coefficient (Wildman–Crippen LogP) is 2.16. The molecule has 0 saturated heterocycles. The van der Waals surface area contributed by atoms with Gasteiger partial charge in [0.2, 0.25) is 11.8 Å². The number of carboxylic acid groups (broad SMARTS) is 1. The Morgan fingerprint density at radius 3 is 2.52 bits per heavy atom. The SMILES string of the molecule is CC(NC(=O)C1CCCC1)C(=O)Nc1cc(C(=O)O)ccc1F. The standard InChI is InChI=1S/C16H19FN2O4/c1-9(18-15(21)10-4-2-3-5-10)14(20)19-13-8-11(16(22)23)6-7-12(13)17/h6-10H,2-5H2,1H3,(H,18,21)(H,19,20)(H,22,23). The summed E-state index contributed by atoms with van der Waals surface area (Å²) in [6, 6.07) is 2.29. The molecule has 124 valence electrons. The van der Waals surface area contributed by atoms with Gasteiger partial charge in [0, 0.05) is 5.92 Å². The topological polar surface area (TPSA) is 95.5 Å². The lowest BCUT2D eigenvalue weighted by atomic mass is 10.1. The third-order valence-electron chi connectivity index (χ3n) is 3.95. The zero-order valence-corrected chi connectivity index (χ0v) is 12.8. The van der Waals surface area contributed by atoms with Crippen LogP contribution >= 0.6 is 0 Å². The van der Waals surface area contributed by atoms with Crippen LogP contribution in [0.15, 0.2) is 18.2 Å². The Kier molecular flexibility index (Phi) is 5.31. The van der Waals surface area contributed by atoms with Gasteiger partial charge in [0.25, 0.3) is 0 Å². The number of carbonyl (C=O) groups is 3. The van der Waals surface area contributed by atoms with Crippen molar-refractivity contribution in [3.05, 3.63) is 29.6 Å². The lowest BCUT2D eigenvalue weighted by Gasteiger charge is -2.17. The molecule has 0 bridgehead atoms. The normalized spacial score (nSPS) is 15.9. The number of hydrogen-bond acceptors (Lipinski definition) is 3. The van der Waals surface area contributed by atoms with E-state index in [2.05, 4.69) is 10.6 Å². The van der Waals surface area contributed by atoms with Crippen molar-refractivity contribution in [1.29, 1.82) is 0 Å². The summed E-state index contributed by atoms with van der Waals surface area (Å²) in [6.07, 6.45) is 3.64. The third-order valence-corrected chi connectivity index (χ3v) is 3.95. The molecule has 2 rings (SSSR count). The summed E-state index contributed by atoms with van der Waals surface area (Å²) in [4.78, 5) is 34.9. The van der Waals surface area contributed by atoms with Crippen LogP contribution in [-0.4, -0.2) is 28.9 Å². The Labute approximate surface area is 133 Å². The molecule has 1 atom stereocenters. The van der Waals surface area contributed by atoms with Crippen LogP contribution in [0, 0.1) is 11.7 Å². The maximum atomic E-state index is 13.7. The fraction of sp³-hybridized carbons (Fsp3) is 0.438. The van der Waals surface area contributed by atoms with Gasteiger partial charge in [-0.25, -0.2) is 9.18 Å². The van der Waals surface area contributed by atoms with Crippen molar-refractivity contribution in [2.24, 2.45) is 5.92 Å². The van der Waals surface area contributed by atoms with E-state index in [-0.39, 0.29) is 23.1 Å². The van der Waals surface area contributed by atoms with Crippen molar-refractivity contribution >= 4 is 23.5 Å². The van der Waals surface area contributed by atoms with Crippen molar-refractivity contribution in [1.82, 2.24) is 5.32 Å². The number of rotatable bonds is 5. The number of amides is 2. The van der Waals surface area contributed by atoms with Crippen LogP contribution in [0.25, 0.3) is 0 Å². The molecular formula is C16H19FN2O4. The van der Waals surface area contributed by atoms with E-state index in [1.807, 2.05) is 0 Å². The summed E-state index contributed by atoms with van der Waals surface area (Å²) < 4.78 is 13.7. The van der Waals surface area contributed by atoms with Crippen LogP contribution in [0.3, 0.4) is 0 Å². The van der Waals surface area contributed by atoms with E-state index >= 15 is 0 Å². The highest BCUT2D eigenvalue weighted by Gasteiger charge is 2.25. The fourth-order valence-corrected chi connectivity index (χ4v) is 2.58. The van der Waals surface area contributed by atoms with E-state index in [0.29, 0.717) is 0 Å². The lowest BCUT2D eigenvalue weighted by molar-refractivity contribution is -0.128. The van der Waals surface area contributed by atoms with Gasteiger partial charge in [-0.15, -0.1) is 0 Å². The second-order valence-electron chi connectivity index (χ2n) is 5.70. The molecule has 0 aliphatic heterocycles. The van der Waals surface area contributed by atoms with E-state index < -0.39 is 23.7 Å². The number of carbonyl (C=O) groups excluding carboxylic acids is 2. The van der Waals surface area contributed by atoms with Crippen molar-refractivity contribution in [3.8, 4) is 0 Å². The highest BCUT2D eigenvalue weighted by Crippen LogP contribution is 2.24. The van der Waals surface area contributed by atoms with E-state index in [9.17, 15) is 18.8 Å². The first-order chi connectivity index (χ1) is 10.9. The number of aromatic carboxylic acids is 1. The van der Waals surface area contributed by atoms with Crippen molar-refractivity contribution in [2.45, 2.75) is 38.6 Å². The molecule has 1 aromatic rings. The van der Waals surface area contributed by atoms with Gasteiger partial charge in [-0.05, 0) is 38.0 Å². The Morgan fingerprint density at radius 2 is 1.91 bits per heavy atom. The maximum Gasteiger partial charge on any atom is 0.335 e. The molecule has 23 heavy (non-hydrogen) atoms. The quantitative estimate of drug-likeness (QED) is 0.774. The number of halogens is 1. The van der Waals surface area contributed by atoms with Gasteiger partial charge >= 0.3 is 5.97 Å². The highest BCUT2D eigenvalue weighted by molar-refractivity contribution is 5.98. The molecule has 6 nitrogen and oxygen atoms in total. The fourth-order valence-electron chi connectivity index (χ4n) is 2.58. The maximum absolute atomic E-state index is 13.7. The van der Waals surface area contributed by atoms with E-state index in [4.69, 9.17) is 5.11 Å². The lowest BCUT2D eigenvalue weighted by Crippen LogP contribution is -2.43. The van der Waals surface area contributed by atoms with Crippen LogP contribution < -0.4 is 10.6 Å². The van der Waals surface area contributed by atoms with Gasteiger partial charge in [-0.2, -0.15) is 0 Å². The second kappa shape index (κ2) is 7.21. The number of carboxylic acids is 1. The largest absolute Gasteiger partial charge is 0.478 e. The van der Waals surface area contributed by atoms with E-state index in [1.54, 1.807) is 0 Å². The summed E-state index contributed by atoms with van der Waals surface area (Å²) in [5.41, 5.74) is -0.360. The second-order valence-corrected chi connectivity index (χ2v) is 5.70. The molecule has 2 amide bonds. The Balaban J connectivity index is 1.99. The molecule has 1 aromatic carbocycles. The molecule has 1 aliphatic carbocycles. The highest BCUT2D eigenvalue weighted by atomic mass is 19.1. The Bertz CT molecular complexity index is 627. The van der Waals surface area contributed by atoms with Crippen molar-refractivity contribution < 1.29 is 23.9 Å². The molecule has 3 N–H and O–H groups in total. The van der Waals surface area contributed by atoms with Crippen LogP contribution in [0.2, 0.25) is 0 Å². The van der Waals surface area contributed by atoms with Crippen LogP contribution in [0.4, 0.5) is 10.1 Å². The summed E-state index contributed by atoms with van der Waals surface area (Å²) in [5, 5.41) is 13.8. The van der Waals surface area contributed by atoms with Crippen LogP contribution in [0.1, 0.15) is 43.0 Å². The molecule has 0 aromatic heterocycles. The average Bonchev–Trinajstić information content (AvgIpc) is 3.03. The van der Waals surface area contributed by atoms with Crippen molar-refractivity contribution in [3.63, 3.8) is 0 Å². The zero-order chi connectivity index (χ0) is 17.0. The molecule has 0 spiro atoms. The number of anilines is 1. The summed E-state index contributed by atoms with van der Waals surface area (Å²) in [7, 11) is 0. The van der Waals surface area contributed by atoms with E-state index in [1.165, 1.54) is 6.92 Å². The first kappa shape index (κ1) is 16.9. The molecular weight excluding hydrogens is 303 g/mol.